The standard InChI is InChI=1S/C11H20O10/c1-3-5(13)7(15)9(17)11(19,21-3)10(18)8(16)6(14)4(12)2-20-10/h3-9,12-19H,2H2,1H3/t3-,4+,5-,6-,7+,8+,9+,10?,11?/m0/s1. The Morgan fingerprint density at radius 1 is 0.810 bits per heavy atom. The molecule has 2 heterocycles. The van der Waals surface area contributed by atoms with Crippen LogP contribution in [0.15, 0.2) is 0 Å². The van der Waals surface area contributed by atoms with Crippen molar-refractivity contribution >= 4 is 0 Å². The number of hydrogen-bond acceptors (Lipinski definition) is 10. The molecule has 2 rings (SSSR count). The molecule has 0 bridgehead atoms. The zero-order valence-electron chi connectivity index (χ0n) is 11.1. The Bertz CT molecular complexity index is 393. The highest BCUT2D eigenvalue weighted by Gasteiger charge is 2.69. The van der Waals surface area contributed by atoms with Crippen molar-refractivity contribution in [1.82, 2.24) is 0 Å². The van der Waals surface area contributed by atoms with Crippen molar-refractivity contribution in [2.75, 3.05) is 6.61 Å². The second kappa shape index (κ2) is 5.35. The van der Waals surface area contributed by atoms with Gasteiger partial charge in [0.25, 0.3) is 11.6 Å². The van der Waals surface area contributed by atoms with E-state index < -0.39 is 60.9 Å². The van der Waals surface area contributed by atoms with E-state index in [1.165, 1.54) is 6.92 Å². The molecule has 10 heteroatoms. The molecule has 0 spiro atoms. The SMILES string of the molecule is C[C@@H]1OC(O)(C2(O)OC[C@@H](O)[C@H](O)[C@H]2O)[C@H](O)[C@H](O)[C@H]1O. The van der Waals surface area contributed by atoms with Gasteiger partial charge in [-0.15, -0.1) is 0 Å². The van der Waals surface area contributed by atoms with Crippen LogP contribution in [0.2, 0.25) is 0 Å². The molecule has 0 radical (unpaired) electrons. The lowest BCUT2D eigenvalue weighted by Crippen LogP contribution is -2.79. The van der Waals surface area contributed by atoms with Gasteiger partial charge in [0.15, 0.2) is 0 Å². The third kappa shape index (κ3) is 2.28. The van der Waals surface area contributed by atoms with E-state index in [1.54, 1.807) is 0 Å². The molecule has 2 fully saturated rings. The number of aliphatic hydroxyl groups excluding tert-OH is 6. The third-order valence-electron chi connectivity index (χ3n) is 4.03. The zero-order valence-corrected chi connectivity index (χ0v) is 11.1. The van der Waals surface area contributed by atoms with Crippen LogP contribution in [0.4, 0.5) is 0 Å². The van der Waals surface area contributed by atoms with Crippen LogP contribution in [0.1, 0.15) is 6.92 Å². The molecule has 124 valence electrons. The van der Waals surface area contributed by atoms with Crippen LogP contribution >= 0.6 is 0 Å². The fourth-order valence-electron chi connectivity index (χ4n) is 2.57. The summed E-state index contributed by atoms with van der Waals surface area (Å²) in [4.78, 5) is 0. The van der Waals surface area contributed by atoms with Crippen LogP contribution in [-0.2, 0) is 9.47 Å². The van der Waals surface area contributed by atoms with Crippen LogP contribution in [0.5, 0.6) is 0 Å². The van der Waals surface area contributed by atoms with Gasteiger partial charge < -0.3 is 50.3 Å². The number of ether oxygens (including phenoxy) is 2. The maximum Gasteiger partial charge on any atom is 0.253 e. The summed E-state index contributed by atoms with van der Waals surface area (Å²) < 4.78 is 9.71. The van der Waals surface area contributed by atoms with Crippen LogP contribution in [0.25, 0.3) is 0 Å². The molecule has 2 aliphatic heterocycles. The topological polar surface area (TPSA) is 180 Å². The van der Waals surface area contributed by atoms with E-state index in [0.717, 1.165) is 0 Å². The summed E-state index contributed by atoms with van der Waals surface area (Å²) in [6.07, 6.45) is -12.6. The van der Waals surface area contributed by atoms with E-state index in [2.05, 4.69) is 0 Å². The molecule has 21 heavy (non-hydrogen) atoms. The molecule has 2 aliphatic rings. The van der Waals surface area contributed by atoms with Crippen molar-refractivity contribution < 1.29 is 50.3 Å². The molecule has 0 aliphatic carbocycles. The first-order valence-electron chi connectivity index (χ1n) is 6.41. The first-order chi connectivity index (χ1) is 9.56. The Balaban J connectivity index is 2.37. The molecular formula is C11H20O10. The Labute approximate surface area is 119 Å². The highest BCUT2D eigenvalue weighted by atomic mass is 16.7. The minimum atomic E-state index is -3.04. The molecule has 0 aromatic heterocycles. The van der Waals surface area contributed by atoms with Gasteiger partial charge in [-0.25, -0.2) is 0 Å². The second-order valence-corrected chi connectivity index (χ2v) is 5.46. The first-order valence-corrected chi connectivity index (χ1v) is 6.41. The molecule has 0 aromatic carbocycles. The van der Waals surface area contributed by atoms with Crippen LogP contribution in [-0.4, -0.2) is 102 Å². The lowest BCUT2D eigenvalue weighted by molar-refractivity contribution is -0.478. The Morgan fingerprint density at radius 2 is 1.33 bits per heavy atom. The summed E-state index contributed by atoms with van der Waals surface area (Å²) in [6.45, 7) is 0.578. The highest BCUT2D eigenvalue weighted by Crippen LogP contribution is 2.41. The Kier molecular flexibility index (Phi) is 4.32. The smallest absolute Gasteiger partial charge is 0.253 e. The van der Waals surface area contributed by atoms with E-state index in [4.69, 9.17) is 9.47 Å². The summed E-state index contributed by atoms with van der Waals surface area (Å²) >= 11 is 0. The van der Waals surface area contributed by atoms with Crippen molar-refractivity contribution in [2.24, 2.45) is 0 Å². The van der Waals surface area contributed by atoms with Gasteiger partial charge in [-0.05, 0) is 6.92 Å². The summed E-state index contributed by atoms with van der Waals surface area (Å²) in [7, 11) is 0. The van der Waals surface area contributed by atoms with Gasteiger partial charge in [0.1, 0.15) is 36.6 Å². The van der Waals surface area contributed by atoms with Gasteiger partial charge in [0, 0.05) is 0 Å². The predicted molar refractivity (Wildman–Crippen MR) is 62.4 cm³/mol. The summed E-state index contributed by atoms with van der Waals surface area (Å²) in [5, 5.41) is 78.7. The van der Waals surface area contributed by atoms with Gasteiger partial charge in [-0.2, -0.15) is 0 Å². The maximum absolute atomic E-state index is 10.4. The van der Waals surface area contributed by atoms with Crippen molar-refractivity contribution in [2.45, 2.75) is 61.2 Å². The van der Waals surface area contributed by atoms with E-state index in [-0.39, 0.29) is 0 Å². The Morgan fingerprint density at radius 3 is 1.90 bits per heavy atom. The Hall–Kier alpha value is -0.400. The van der Waals surface area contributed by atoms with E-state index in [9.17, 15) is 40.9 Å². The van der Waals surface area contributed by atoms with Gasteiger partial charge in [-0.1, -0.05) is 0 Å². The fourth-order valence-corrected chi connectivity index (χ4v) is 2.57. The molecule has 9 atom stereocenters. The van der Waals surface area contributed by atoms with Crippen LogP contribution < -0.4 is 0 Å². The monoisotopic (exact) mass is 312 g/mol. The fraction of sp³-hybridized carbons (Fsp3) is 1.00. The molecule has 2 saturated heterocycles. The van der Waals surface area contributed by atoms with Crippen molar-refractivity contribution in [3.63, 3.8) is 0 Å². The van der Waals surface area contributed by atoms with Crippen molar-refractivity contribution in [3.05, 3.63) is 0 Å². The van der Waals surface area contributed by atoms with Gasteiger partial charge in [0.2, 0.25) is 0 Å². The molecule has 10 nitrogen and oxygen atoms in total. The number of hydrogen-bond donors (Lipinski definition) is 8. The normalized spacial score (nSPS) is 59.0. The van der Waals surface area contributed by atoms with Crippen molar-refractivity contribution in [3.8, 4) is 0 Å². The van der Waals surface area contributed by atoms with Gasteiger partial charge in [-0.3, -0.25) is 0 Å². The zero-order chi connectivity index (χ0) is 16.2. The molecule has 8 N–H and O–H groups in total. The van der Waals surface area contributed by atoms with Crippen LogP contribution in [0, 0.1) is 0 Å². The molecular weight excluding hydrogens is 292 g/mol. The number of rotatable bonds is 1. The summed E-state index contributed by atoms with van der Waals surface area (Å²) in [5.41, 5.74) is 0. The van der Waals surface area contributed by atoms with Gasteiger partial charge in [0.05, 0.1) is 12.7 Å². The average Bonchev–Trinajstić information content (AvgIpc) is 2.45. The minimum absolute atomic E-state index is 0.667. The minimum Gasteiger partial charge on any atom is -0.388 e. The van der Waals surface area contributed by atoms with Gasteiger partial charge >= 0.3 is 0 Å². The molecule has 0 amide bonds. The summed E-state index contributed by atoms with van der Waals surface area (Å²) in [6, 6.07) is 0. The van der Waals surface area contributed by atoms with Crippen LogP contribution in [0.3, 0.4) is 0 Å². The lowest BCUT2D eigenvalue weighted by Gasteiger charge is -2.54. The predicted octanol–water partition coefficient (Wildman–Crippen LogP) is -5.02. The second-order valence-electron chi connectivity index (χ2n) is 5.46. The van der Waals surface area contributed by atoms with E-state index in [1.807, 2.05) is 0 Å². The first kappa shape index (κ1) is 17.0. The molecule has 0 aromatic rings. The molecule has 0 saturated carbocycles. The number of aliphatic hydroxyl groups is 8. The maximum atomic E-state index is 10.4. The van der Waals surface area contributed by atoms with Crippen molar-refractivity contribution in [1.29, 1.82) is 0 Å². The average molecular weight is 312 g/mol. The third-order valence-corrected chi connectivity index (χ3v) is 4.03. The quantitative estimate of drug-likeness (QED) is 0.233. The summed E-state index contributed by atoms with van der Waals surface area (Å²) in [5.74, 6) is -6.06. The lowest BCUT2D eigenvalue weighted by atomic mass is 9.82. The highest BCUT2D eigenvalue weighted by molar-refractivity contribution is 5.08. The van der Waals surface area contributed by atoms with E-state index >= 15 is 0 Å². The molecule has 2 unspecified atom stereocenters. The largest absolute Gasteiger partial charge is 0.388 e. The van der Waals surface area contributed by atoms with E-state index in [0.29, 0.717) is 0 Å².